The minimum Gasteiger partial charge on any atom is -0.481 e. The zero-order chi connectivity index (χ0) is 13.0. The molecule has 0 spiro atoms. The third-order valence-corrected chi connectivity index (χ3v) is 6.03. The average Bonchev–Trinajstić information content (AvgIpc) is 2.60. The highest BCUT2D eigenvalue weighted by molar-refractivity contribution is 8.00. The largest absolute Gasteiger partial charge is 0.481 e. The Kier molecular flexibility index (Phi) is 4.96. The van der Waals surface area contributed by atoms with Gasteiger partial charge in [-0.3, -0.25) is 9.69 Å². The lowest BCUT2D eigenvalue weighted by atomic mass is 9.84. The lowest BCUT2D eigenvalue weighted by molar-refractivity contribution is -0.140. The molecule has 2 rings (SSSR count). The van der Waals surface area contributed by atoms with Crippen LogP contribution in [0.4, 0.5) is 0 Å². The van der Waals surface area contributed by atoms with Gasteiger partial charge in [0, 0.05) is 10.8 Å². The number of carboxylic acid groups (broad SMARTS) is 1. The molecule has 1 N–H and O–H groups in total. The molecule has 2 atom stereocenters. The van der Waals surface area contributed by atoms with E-state index in [1.807, 2.05) is 11.8 Å². The van der Waals surface area contributed by atoms with Gasteiger partial charge in [0.05, 0.1) is 6.42 Å². The first-order chi connectivity index (χ1) is 8.65. The van der Waals surface area contributed by atoms with E-state index in [0.29, 0.717) is 11.7 Å². The second-order valence-corrected chi connectivity index (χ2v) is 7.14. The van der Waals surface area contributed by atoms with Crippen LogP contribution in [-0.2, 0) is 4.79 Å². The van der Waals surface area contributed by atoms with Crippen molar-refractivity contribution in [3.05, 3.63) is 0 Å². The molecule has 0 bridgehead atoms. The number of carboxylic acids is 1. The molecular weight excluding hydrogens is 246 g/mol. The predicted octanol–water partition coefficient (Wildman–Crippen LogP) is 2.99. The first-order valence-electron chi connectivity index (χ1n) is 7.23. The molecule has 4 heteroatoms. The first kappa shape index (κ1) is 14.2. The summed E-state index contributed by atoms with van der Waals surface area (Å²) < 4.78 is 0. The number of thioether (sulfide) groups is 1. The van der Waals surface area contributed by atoms with Crippen LogP contribution in [0, 0.1) is 0 Å². The summed E-state index contributed by atoms with van der Waals surface area (Å²) in [6, 6.07) is 0. The Bertz CT molecular complexity index is 290. The number of rotatable bonds is 3. The Labute approximate surface area is 114 Å². The van der Waals surface area contributed by atoms with E-state index in [2.05, 4.69) is 11.8 Å². The van der Waals surface area contributed by atoms with Gasteiger partial charge in [-0.2, -0.15) is 11.8 Å². The summed E-state index contributed by atoms with van der Waals surface area (Å²) in [7, 11) is 0. The van der Waals surface area contributed by atoms with E-state index in [9.17, 15) is 9.90 Å². The summed E-state index contributed by atoms with van der Waals surface area (Å²) in [4.78, 5) is 13.8. The molecule has 18 heavy (non-hydrogen) atoms. The SMILES string of the molecule is CC1SCCCC1(CC(=O)O)N1CCCCCC1. The number of hydrogen-bond acceptors (Lipinski definition) is 3. The second-order valence-electron chi connectivity index (χ2n) is 5.69. The monoisotopic (exact) mass is 271 g/mol. The number of aliphatic carboxylic acids is 1. The second kappa shape index (κ2) is 6.29. The topological polar surface area (TPSA) is 40.5 Å². The number of likely N-dealkylation sites (tertiary alicyclic amines) is 1. The Morgan fingerprint density at radius 2 is 1.94 bits per heavy atom. The van der Waals surface area contributed by atoms with Gasteiger partial charge in [0.2, 0.25) is 0 Å². The summed E-state index contributed by atoms with van der Waals surface area (Å²) >= 11 is 1.96. The number of nitrogens with zero attached hydrogens (tertiary/aromatic N) is 1. The summed E-state index contributed by atoms with van der Waals surface area (Å²) in [5.41, 5.74) is -0.0842. The maximum Gasteiger partial charge on any atom is 0.305 e. The molecule has 3 nitrogen and oxygen atoms in total. The van der Waals surface area contributed by atoms with E-state index in [1.165, 1.54) is 37.9 Å². The Morgan fingerprint density at radius 3 is 2.50 bits per heavy atom. The molecule has 0 aromatic carbocycles. The molecule has 2 aliphatic heterocycles. The molecule has 0 amide bonds. The molecular formula is C14H25NO2S. The van der Waals surface area contributed by atoms with Crippen molar-refractivity contribution in [3.63, 3.8) is 0 Å². The third kappa shape index (κ3) is 3.02. The Hall–Kier alpha value is -0.220. The average molecular weight is 271 g/mol. The smallest absolute Gasteiger partial charge is 0.305 e. The minimum absolute atomic E-state index is 0.0842. The van der Waals surface area contributed by atoms with E-state index in [1.54, 1.807) is 0 Å². The minimum atomic E-state index is -0.631. The van der Waals surface area contributed by atoms with Crippen LogP contribution in [0.1, 0.15) is 51.9 Å². The Balaban J connectivity index is 2.18. The standard InChI is InChI=1S/C14H25NO2S/c1-12-14(11-13(16)17,7-6-10-18-12)15-8-4-2-3-5-9-15/h12H,2-11H2,1H3,(H,16,17). The highest BCUT2D eigenvalue weighted by Crippen LogP contribution is 2.41. The van der Waals surface area contributed by atoms with Gasteiger partial charge in [0.1, 0.15) is 0 Å². The van der Waals surface area contributed by atoms with Gasteiger partial charge in [-0.25, -0.2) is 0 Å². The van der Waals surface area contributed by atoms with E-state index in [4.69, 9.17) is 0 Å². The zero-order valence-corrected chi connectivity index (χ0v) is 12.2. The van der Waals surface area contributed by atoms with Crippen molar-refractivity contribution in [2.24, 2.45) is 0 Å². The van der Waals surface area contributed by atoms with E-state index in [0.717, 1.165) is 19.5 Å². The van der Waals surface area contributed by atoms with Crippen molar-refractivity contribution >= 4 is 17.7 Å². The zero-order valence-electron chi connectivity index (χ0n) is 11.4. The lowest BCUT2D eigenvalue weighted by Gasteiger charge is -2.49. The van der Waals surface area contributed by atoms with E-state index >= 15 is 0 Å². The number of hydrogen-bond donors (Lipinski definition) is 1. The molecule has 0 radical (unpaired) electrons. The van der Waals surface area contributed by atoms with Crippen molar-refractivity contribution in [2.45, 2.75) is 62.7 Å². The normalized spacial score (nSPS) is 35.1. The van der Waals surface area contributed by atoms with Crippen LogP contribution >= 0.6 is 11.8 Å². The van der Waals surface area contributed by atoms with Crippen LogP contribution in [0.5, 0.6) is 0 Å². The van der Waals surface area contributed by atoms with Crippen LogP contribution < -0.4 is 0 Å². The lowest BCUT2D eigenvalue weighted by Crippen LogP contribution is -2.57. The van der Waals surface area contributed by atoms with E-state index in [-0.39, 0.29) is 5.54 Å². The van der Waals surface area contributed by atoms with Gasteiger partial charge in [-0.05, 0) is 44.5 Å². The summed E-state index contributed by atoms with van der Waals surface area (Å²) in [5, 5.41) is 9.76. The van der Waals surface area contributed by atoms with Crippen LogP contribution in [0.25, 0.3) is 0 Å². The third-order valence-electron chi connectivity index (χ3n) is 4.57. The maximum absolute atomic E-state index is 11.3. The van der Waals surface area contributed by atoms with Gasteiger partial charge in [-0.1, -0.05) is 19.8 Å². The fraction of sp³-hybridized carbons (Fsp3) is 0.929. The number of carbonyl (C=O) groups is 1. The van der Waals surface area contributed by atoms with Crippen molar-refractivity contribution < 1.29 is 9.90 Å². The molecule has 0 saturated carbocycles. The highest BCUT2D eigenvalue weighted by atomic mass is 32.2. The predicted molar refractivity (Wildman–Crippen MR) is 76.2 cm³/mol. The Morgan fingerprint density at radius 1 is 1.28 bits per heavy atom. The van der Waals surface area contributed by atoms with Gasteiger partial charge in [0.15, 0.2) is 0 Å². The maximum atomic E-state index is 11.3. The van der Waals surface area contributed by atoms with Crippen molar-refractivity contribution in [1.29, 1.82) is 0 Å². The van der Waals surface area contributed by atoms with Gasteiger partial charge in [0.25, 0.3) is 0 Å². The van der Waals surface area contributed by atoms with Crippen molar-refractivity contribution in [1.82, 2.24) is 4.90 Å². The molecule has 2 saturated heterocycles. The molecule has 2 fully saturated rings. The first-order valence-corrected chi connectivity index (χ1v) is 8.28. The quantitative estimate of drug-likeness (QED) is 0.856. The summed E-state index contributed by atoms with van der Waals surface area (Å²) in [6.07, 6.45) is 7.63. The van der Waals surface area contributed by atoms with Gasteiger partial charge in [-0.15, -0.1) is 0 Å². The van der Waals surface area contributed by atoms with Gasteiger partial charge < -0.3 is 5.11 Å². The molecule has 0 aromatic heterocycles. The summed E-state index contributed by atoms with van der Waals surface area (Å²) in [6.45, 7) is 4.42. The van der Waals surface area contributed by atoms with Crippen molar-refractivity contribution in [2.75, 3.05) is 18.8 Å². The molecule has 104 valence electrons. The fourth-order valence-electron chi connectivity index (χ4n) is 3.53. The van der Waals surface area contributed by atoms with Crippen LogP contribution in [0.2, 0.25) is 0 Å². The molecule has 0 aromatic rings. The molecule has 2 heterocycles. The van der Waals surface area contributed by atoms with Crippen LogP contribution in [-0.4, -0.2) is 45.6 Å². The molecule has 0 aliphatic carbocycles. The van der Waals surface area contributed by atoms with Crippen molar-refractivity contribution in [3.8, 4) is 0 Å². The van der Waals surface area contributed by atoms with Crippen LogP contribution in [0.15, 0.2) is 0 Å². The summed E-state index contributed by atoms with van der Waals surface area (Å²) in [5.74, 6) is 0.560. The fourth-order valence-corrected chi connectivity index (χ4v) is 4.86. The van der Waals surface area contributed by atoms with E-state index < -0.39 is 5.97 Å². The highest BCUT2D eigenvalue weighted by Gasteiger charge is 2.45. The molecule has 2 unspecified atom stereocenters. The van der Waals surface area contributed by atoms with Gasteiger partial charge >= 0.3 is 5.97 Å². The molecule has 2 aliphatic rings. The van der Waals surface area contributed by atoms with Crippen LogP contribution in [0.3, 0.4) is 0 Å².